The fourth-order valence-electron chi connectivity index (χ4n) is 2.80. The van der Waals surface area contributed by atoms with E-state index in [1.54, 1.807) is 0 Å². The third-order valence-corrected chi connectivity index (χ3v) is 3.80. The minimum Gasteiger partial charge on any atom is -0.364 e. The second-order valence-corrected chi connectivity index (χ2v) is 4.93. The van der Waals surface area contributed by atoms with Gasteiger partial charge in [-0.2, -0.15) is 0 Å². The molecule has 4 nitrogen and oxygen atoms in total. The molecule has 2 atom stereocenters. The van der Waals surface area contributed by atoms with Crippen LogP contribution in [0.4, 0.5) is 5.69 Å². The number of ether oxygens (including phenoxy) is 1. The first-order valence-corrected chi connectivity index (χ1v) is 6.54. The number of benzene rings is 1. The van der Waals surface area contributed by atoms with E-state index >= 15 is 0 Å². The fourth-order valence-corrected chi connectivity index (χ4v) is 2.80. The predicted octanol–water partition coefficient (Wildman–Crippen LogP) is 1.08. The van der Waals surface area contributed by atoms with Crippen LogP contribution in [-0.4, -0.2) is 31.2 Å². The molecule has 1 fully saturated rings. The number of carbonyl (C=O) groups is 1. The summed E-state index contributed by atoms with van der Waals surface area (Å²) in [4.78, 5) is 14.3. The summed E-state index contributed by atoms with van der Waals surface area (Å²) in [6.07, 6.45) is 2.37. The first-order valence-electron chi connectivity index (χ1n) is 6.54. The Kier molecular flexibility index (Phi) is 3.06. The maximum atomic E-state index is 12.4. The van der Waals surface area contributed by atoms with E-state index in [-0.39, 0.29) is 18.1 Å². The van der Waals surface area contributed by atoms with Crippen molar-refractivity contribution in [3.8, 4) is 0 Å². The third kappa shape index (κ3) is 1.91. The number of anilines is 1. The molecule has 2 heterocycles. The van der Waals surface area contributed by atoms with Crippen molar-refractivity contribution in [2.24, 2.45) is 5.73 Å². The van der Waals surface area contributed by atoms with Gasteiger partial charge in [0.1, 0.15) is 6.10 Å². The van der Waals surface area contributed by atoms with Gasteiger partial charge in [-0.05, 0) is 30.9 Å². The molecule has 0 radical (unpaired) electrons. The van der Waals surface area contributed by atoms with Crippen LogP contribution >= 0.6 is 0 Å². The van der Waals surface area contributed by atoms with Gasteiger partial charge >= 0.3 is 0 Å². The molecule has 4 heteroatoms. The van der Waals surface area contributed by atoms with Crippen molar-refractivity contribution in [2.45, 2.75) is 31.5 Å². The van der Waals surface area contributed by atoms with Gasteiger partial charge in [0.2, 0.25) is 0 Å². The van der Waals surface area contributed by atoms with E-state index in [2.05, 4.69) is 6.07 Å². The van der Waals surface area contributed by atoms with Gasteiger partial charge in [0.05, 0.1) is 6.10 Å². The zero-order valence-electron chi connectivity index (χ0n) is 10.3. The molecule has 18 heavy (non-hydrogen) atoms. The molecule has 0 saturated carbocycles. The van der Waals surface area contributed by atoms with Crippen molar-refractivity contribution in [3.63, 3.8) is 0 Å². The number of amides is 1. The van der Waals surface area contributed by atoms with Crippen molar-refractivity contribution in [2.75, 3.05) is 18.0 Å². The van der Waals surface area contributed by atoms with Crippen molar-refractivity contribution in [1.82, 2.24) is 0 Å². The summed E-state index contributed by atoms with van der Waals surface area (Å²) in [6, 6.07) is 8.09. The minimum atomic E-state index is -0.301. The lowest BCUT2D eigenvalue weighted by molar-refractivity contribution is -0.129. The Morgan fingerprint density at radius 2 is 2.22 bits per heavy atom. The molecule has 96 valence electrons. The Bertz CT molecular complexity index is 461. The van der Waals surface area contributed by atoms with Crippen molar-refractivity contribution < 1.29 is 9.53 Å². The lowest BCUT2D eigenvalue weighted by Crippen LogP contribution is -2.38. The van der Waals surface area contributed by atoms with Gasteiger partial charge < -0.3 is 15.4 Å². The van der Waals surface area contributed by atoms with E-state index in [1.165, 1.54) is 5.56 Å². The molecule has 2 aliphatic rings. The Hall–Kier alpha value is -1.39. The van der Waals surface area contributed by atoms with Crippen molar-refractivity contribution in [1.29, 1.82) is 0 Å². The monoisotopic (exact) mass is 246 g/mol. The molecule has 0 bridgehead atoms. The van der Waals surface area contributed by atoms with Gasteiger partial charge in [-0.15, -0.1) is 0 Å². The average Bonchev–Trinajstić information content (AvgIpc) is 3.04. The molecule has 2 aliphatic heterocycles. The highest BCUT2D eigenvalue weighted by molar-refractivity contribution is 5.98. The number of fused-ring (bicyclic) bond motifs is 1. The zero-order valence-corrected chi connectivity index (χ0v) is 10.3. The standard InChI is InChI=1S/C14H18N2O2/c15-9-11-5-6-13(18-11)14(17)16-8-7-10-3-1-2-4-12(10)16/h1-4,11,13H,5-9,15H2/t11-,13+/m1/s1. The normalized spacial score (nSPS) is 26.4. The van der Waals surface area contributed by atoms with Gasteiger partial charge in [-0.1, -0.05) is 18.2 Å². The van der Waals surface area contributed by atoms with Gasteiger partial charge in [-0.3, -0.25) is 4.79 Å². The van der Waals surface area contributed by atoms with Crippen LogP contribution in [0.2, 0.25) is 0 Å². The Morgan fingerprint density at radius 3 is 3.00 bits per heavy atom. The van der Waals surface area contributed by atoms with E-state index in [0.29, 0.717) is 6.54 Å². The number of para-hydroxylation sites is 1. The van der Waals surface area contributed by atoms with Crippen LogP contribution in [0, 0.1) is 0 Å². The van der Waals surface area contributed by atoms with E-state index in [0.717, 1.165) is 31.5 Å². The third-order valence-electron chi connectivity index (χ3n) is 3.80. The molecule has 1 aromatic rings. The second-order valence-electron chi connectivity index (χ2n) is 4.93. The summed E-state index contributed by atoms with van der Waals surface area (Å²) in [5.41, 5.74) is 7.87. The van der Waals surface area contributed by atoms with E-state index in [1.807, 2.05) is 23.1 Å². The van der Waals surface area contributed by atoms with Crippen LogP contribution in [0.25, 0.3) is 0 Å². The number of hydrogen-bond donors (Lipinski definition) is 1. The van der Waals surface area contributed by atoms with Crippen LogP contribution < -0.4 is 10.6 Å². The largest absolute Gasteiger partial charge is 0.364 e. The van der Waals surface area contributed by atoms with Crippen LogP contribution in [0.5, 0.6) is 0 Å². The lowest BCUT2D eigenvalue weighted by atomic mass is 10.1. The highest BCUT2D eigenvalue weighted by Crippen LogP contribution is 2.30. The molecule has 1 saturated heterocycles. The first-order chi connectivity index (χ1) is 8.79. The highest BCUT2D eigenvalue weighted by atomic mass is 16.5. The van der Waals surface area contributed by atoms with E-state index in [9.17, 15) is 4.79 Å². The molecule has 1 amide bonds. The van der Waals surface area contributed by atoms with Gasteiger partial charge in [0.15, 0.2) is 0 Å². The summed E-state index contributed by atoms with van der Waals surface area (Å²) >= 11 is 0. The van der Waals surface area contributed by atoms with Crippen LogP contribution in [0.3, 0.4) is 0 Å². The molecule has 0 unspecified atom stereocenters. The number of rotatable bonds is 2. The average molecular weight is 246 g/mol. The molecular formula is C14H18N2O2. The maximum absolute atomic E-state index is 12.4. The Morgan fingerprint density at radius 1 is 1.39 bits per heavy atom. The smallest absolute Gasteiger partial charge is 0.256 e. The number of carbonyl (C=O) groups excluding carboxylic acids is 1. The summed E-state index contributed by atoms with van der Waals surface area (Å²) < 4.78 is 5.68. The topological polar surface area (TPSA) is 55.6 Å². The molecule has 0 spiro atoms. The van der Waals surface area contributed by atoms with Crippen LogP contribution in [-0.2, 0) is 16.0 Å². The molecule has 1 aromatic carbocycles. The van der Waals surface area contributed by atoms with Crippen LogP contribution in [0.15, 0.2) is 24.3 Å². The Balaban J connectivity index is 1.75. The second kappa shape index (κ2) is 4.71. The van der Waals surface area contributed by atoms with E-state index < -0.39 is 0 Å². The van der Waals surface area contributed by atoms with Crippen molar-refractivity contribution >= 4 is 11.6 Å². The van der Waals surface area contributed by atoms with Crippen molar-refractivity contribution in [3.05, 3.63) is 29.8 Å². The summed E-state index contributed by atoms with van der Waals surface area (Å²) in [6.45, 7) is 1.27. The summed E-state index contributed by atoms with van der Waals surface area (Å²) in [5.74, 6) is 0.0934. The number of hydrogen-bond acceptors (Lipinski definition) is 3. The zero-order chi connectivity index (χ0) is 12.5. The number of nitrogens with zero attached hydrogens (tertiary/aromatic N) is 1. The predicted molar refractivity (Wildman–Crippen MR) is 69.4 cm³/mol. The molecule has 2 N–H and O–H groups in total. The SMILES string of the molecule is NC[C@H]1CC[C@@H](C(=O)N2CCc3ccccc32)O1. The maximum Gasteiger partial charge on any atom is 0.256 e. The van der Waals surface area contributed by atoms with Crippen LogP contribution in [0.1, 0.15) is 18.4 Å². The lowest BCUT2D eigenvalue weighted by Gasteiger charge is -2.21. The van der Waals surface area contributed by atoms with Gasteiger partial charge in [0.25, 0.3) is 5.91 Å². The molecule has 0 aromatic heterocycles. The van der Waals surface area contributed by atoms with Gasteiger partial charge in [0, 0.05) is 18.8 Å². The quantitative estimate of drug-likeness (QED) is 0.849. The van der Waals surface area contributed by atoms with E-state index in [4.69, 9.17) is 10.5 Å². The fraction of sp³-hybridized carbons (Fsp3) is 0.500. The minimum absolute atomic E-state index is 0.0526. The summed E-state index contributed by atoms with van der Waals surface area (Å²) in [7, 11) is 0. The van der Waals surface area contributed by atoms with Gasteiger partial charge in [-0.25, -0.2) is 0 Å². The molecule has 3 rings (SSSR count). The molecular weight excluding hydrogens is 228 g/mol. The Labute approximate surface area is 107 Å². The summed E-state index contributed by atoms with van der Waals surface area (Å²) in [5, 5.41) is 0. The number of nitrogens with two attached hydrogens (primary N) is 1. The first kappa shape index (κ1) is 11.7. The highest BCUT2D eigenvalue weighted by Gasteiger charge is 2.35. The molecule has 0 aliphatic carbocycles.